The van der Waals surface area contributed by atoms with Gasteiger partial charge in [-0.05, 0) is 69.0 Å². The molecule has 3 aliphatic rings. The molecule has 2 saturated heterocycles. The molecule has 3 aromatic carbocycles. The van der Waals surface area contributed by atoms with Crippen LogP contribution in [-0.4, -0.2) is 96.6 Å². The molecule has 3 aliphatic heterocycles. The summed E-state index contributed by atoms with van der Waals surface area (Å²) in [6.07, 6.45) is 3.18. The molecular weight excluding hydrogens is 785 g/mol. The second kappa shape index (κ2) is 16.9. The maximum absolute atomic E-state index is 13.4. The number of methoxy groups -OCH3 is 1. The minimum absolute atomic E-state index is 0.0211. The van der Waals surface area contributed by atoms with Crippen molar-refractivity contribution in [2.45, 2.75) is 44.2 Å². The Balaban J connectivity index is 0.905. The average Bonchev–Trinajstić information content (AvgIpc) is 3.45. The van der Waals surface area contributed by atoms with Crippen molar-refractivity contribution in [1.82, 2.24) is 25.5 Å². The molecule has 0 bridgehead atoms. The lowest BCUT2D eigenvalue weighted by Gasteiger charge is -2.34. The summed E-state index contributed by atoms with van der Waals surface area (Å²) in [7, 11) is -0.993. The topological polar surface area (TPSA) is 204 Å². The van der Waals surface area contributed by atoms with E-state index in [1.54, 1.807) is 32.6 Å². The van der Waals surface area contributed by atoms with Crippen molar-refractivity contribution in [1.29, 1.82) is 0 Å². The van der Waals surface area contributed by atoms with Crippen molar-refractivity contribution in [3.8, 4) is 5.75 Å². The molecule has 0 aliphatic carbocycles. The number of carbonyl (C=O) groups excluding carboxylic acids is 5. The van der Waals surface area contributed by atoms with Gasteiger partial charge in [-0.3, -0.25) is 34.2 Å². The predicted octanol–water partition coefficient (Wildman–Crippen LogP) is 4.86. The zero-order valence-corrected chi connectivity index (χ0v) is 33.8. The van der Waals surface area contributed by atoms with Crippen molar-refractivity contribution >= 4 is 88.1 Å². The van der Waals surface area contributed by atoms with Gasteiger partial charge in [0.15, 0.2) is 5.82 Å². The average molecular weight is 828 g/mol. The Morgan fingerprint density at radius 1 is 0.948 bits per heavy atom. The Morgan fingerprint density at radius 2 is 1.71 bits per heavy atom. The fourth-order valence-electron chi connectivity index (χ4n) is 7.35. The number of nitrogens with one attached hydrogen (secondary N) is 5. The number of benzene rings is 3. The second-order valence-corrected chi connectivity index (χ2v) is 18.2. The molecule has 7 rings (SSSR count). The first kappa shape index (κ1) is 40.2. The number of carbonyl (C=O) groups is 5. The summed E-state index contributed by atoms with van der Waals surface area (Å²) >= 11 is 6.44. The number of aromatic nitrogens is 2. The smallest absolute Gasteiger partial charge is 0.264 e. The first-order chi connectivity index (χ1) is 27.8. The van der Waals surface area contributed by atoms with Crippen molar-refractivity contribution < 1.29 is 33.3 Å². The summed E-state index contributed by atoms with van der Waals surface area (Å²) in [6, 6.07) is 16.9. The third-order valence-corrected chi connectivity index (χ3v) is 12.1. The van der Waals surface area contributed by atoms with Crippen LogP contribution in [0.3, 0.4) is 0 Å². The summed E-state index contributed by atoms with van der Waals surface area (Å²) < 4.78 is 18.6. The van der Waals surface area contributed by atoms with Gasteiger partial charge < -0.3 is 35.5 Å². The van der Waals surface area contributed by atoms with Crippen LogP contribution in [0.5, 0.6) is 5.75 Å². The largest absolute Gasteiger partial charge is 0.494 e. The van der Waals surface area contributed by atoms with Crippen LogP contribution in [0.4, 0.5) is 34.5 Å². The molecule has 16 nitrogen and oxygen atoms in total. The molecule has 1 atom stereocenters. The van der Waals surface area contributed by atoms with E-state index in [1.807, 2.05) is 42.5 Å². The maximum atomic E-state index is 13.4. The van der Waals surface area contributed by atoms with Crippen LogP contribution in [-0.2, 0) is 18.9 Å². The van der Waals surface area contributed by atoms with Gasteiger partial charge >= 0.3 is 0 Å². The van der Waals surface area contributed by atoms with Gasteiger partial charge in [0.25, 0.3) is 11.8 Å². The van der Waals surface area contributed by atoms with Crippen molar-refractivity contribution in [2.75, 3.05) is 60.9 Å². The highest BCUT2D eigenvalue weighted by Gasteiger charge is 2.45. The van der Waals surface area contributed by atoms with Crippen LogP contribution in [0.15, 0.2) is 66.9 Å². The van der Waals surface area contributed by atoms with E-state index in [1.165, 1.54) is 12.3 Å². The van der Waals surface area contributed by atoms with Gasteiger partial charge in [-0.15, -0.1) is 0 Å². The van der Waals surface area contributed by atoms with Crippen LogP contribution >= 0.6 is 18.7 Å². The third kappa shape index (κ3) is 8.63. The van der Waals surface area contributed by atoms with Gasteiger partial charge in [0, 0.05) is 61.3 Å². The molecule has 5 amide bonds. The van der Waals surface area contributed by atoms with Crippen molar-refractivity contribution in [3.05, 3.63) is 83.0 Å². The van der Waals surface area contributed by atoms with Gasteiger partial charge in [0.2, 0.25) is 23.7 Å². The molecule has 4 aromatic rings. The summed E-state index contributed by atoms with van der Waals surface area (Å²) in [5, 5.41) is 15.8. The van der Waals surface area contributed by atoms with Crippen molar-refractivity contribution in [2.24, 2.45) is 0 Å². The predicted molar refractivity (Wildman–Crippen MR) is 222 cm³/mol. The minimum atomic E-state index is -2.58. The number of rotatable bonds is 13. The Labute approximate surface area is 339 Å². The third-order valence-electron chi connectivity index (χ3n) is 10.3. The minimum Gasteiger partial charge on any atom is -0.494 e. The van der Waals surface area contributed by atoms with Crippen LogP contribution in [0.1, 0.15) is 52.8 Å². The quantitative estimate of drug-likeness (QED) is 0.0904. The SMILES string of the molecule is COc1cc(N2CCC(NC(=O)CCNc3cccc4c3C(=O)N(C3CCC(=O)NC3=O)C4=O)CC2)ccc1Nc1ncc(Cl)c(Nc2ccccc2P(C)(C)=O)n1. The number of amides is 5. The number of halogens is 1. The number of piperidine rings is 2. The molecule has 1 aromatic heterocycles. The Morgan fingerprint density at radius 3 is 2.45 bits per heavy atom. The number of ether oxygens (including phenoxy) is 1. The molecule has 0 radical (unpaired) electrons. The van der Waals surface area contributed by atoms with E-state index in [9.17, 15) is 28.5 Å². The number of imide groups is 2. The highest BCUT2D eigenvalue weighted by molar-refractivity contribution is 7.70. The summed E-state index contributed by atoms with van der Waals surface area (Å²) in [4.78, 5) is 75.6. The van der Waals surface area contributed by atoms with E-state index in [0.29, 0.717) is 52.0 Å². The van der Waals surface area contributed by atoms with Gasteiger partial charge in [-0.25, -0.2) is 4.98 Å². The standard InChI is InChI=1S/C40H43ClN9O7P/c1-57-31-21-24(11-12-27(31)46-40-43-22-26(41)36(48-40)45-28-8-4-5-10-32(28)58(2,3)56)49-19-16-23(17-20-49)44-34(52)15-18-42-29-9-6-7-25-35(29)39(55)50(38(25)54)30-13-14-33(51)47-37(30)53/h4-12,21-23,30,42H,13-20H2,1-3H3,(H,44,52)(H,47,51,53)(H2,43,45,46,48). The van der Waals surface area contributed by atoms with Crippen LogP contribution in [0, 0.1) is 0 Å². The van der Waals surface area contributed by atoms with Gasteiger partial charge in [-0.1, -0.05) is 29.8 Å². The number of hydrogen-bond acceptors (Lipinski definition) is 13. The number of fused-ring (bicyclic) bond motifs is 1. The normalized spacial score (nSPS) is 17.1. The van der Waals surface area contributed by atoms with Gasteiger partial charge in [0.05, 0.1) is 35.8 Å². The highest BCUT2D eigenvalue weighted by atomic mass is 35.5. The lowest BCUT2D eigenvalue weighted by Crippen LogP contribution is -2.54. The number of para-hydroxylation sites is 1. The fourth-order valence-corrected chi connectivity index (χ4v) is 8.64. The Bertz CT molecular complexity index is 2350. The molecular formula is C40H43ClN9O7P. The Hall–Kier alpha value is -5.99. The Kier molecular flexibility index (Phi) is 11.7. The fraction of sp³-hybridized carbons (Fsp3) is 0.325. The van der Waals surface area contributed by atoms with Crippen molar-refractivity contribution in [3.63, 3.8) is 0 Å². The molecule has 5 N–H and O–H groups in total. The van der Waals surface area contributed by atoms with Crippen LogP contribution < -0.4 is 41.5 Å². The van der Waals surface area contributed by atoms with Gasteiger partial charge in [-0.2, -0.15) is 4.98 Å². The monoisotopic (exact) mass is 827 g/mol. The van der Waals surface area contributed by atoms with E-state index < -0.39 is 36.8 Å². The van der Waals surface area contributed by atoms with Crippen LogP contribution in [0.2, 0.25) is 5.02 Å². The molecule has 0 saturated carbocycles. The molecule has 4 heterocycles. The summed E-state index contributed by atoms with van der Waals surface area (Å²) in [6.45, 7) is 5.04. The second-order valence-electron chi connectivity index (χ2n) is 14.6. The van der Waals surface area contributed by atoms with E-state index in [4.69, 9.17) is 16.3 Å². The molecule has 2 fully saturated rings. The molecule has 302 valence electrons. The number of anilines is 6. The van der Waals surface area contributed by atoms with E-state index >= 15 is 0 Å². The lowest BCUT2D eigenvalue weighted by atomic mass is 10.0. The summed E-state index contributed by atoms with van der Waals surface area (Å²) in [5.41, 5.74) is 2.96. The maximum Gasteiger partial charge on any atom is 0.264 e. The molecule has 58 heavy (non-hydrogen) atoms. The van der Waals surface area contributed by atoms with E-state index in [0.717, 1.165) is 23.4 Å². The highest BCUT2D eigenvalue weighted by Crippen LogP contribution is 2.39. The molecule has 18 heteroatoms. The number of hydrogen-bond donors (Lipinski definition) is 5. The number of nitrogens with zero attached hydrogens (tertiary/aromatic N) is 4. The lowest BCUT2D eigenvalue weighted by molar-refractivity contribution is -0.136. The zero-order chi connectivity index (χ0) is 41.1. The van der Waals surface area contributed by atoms with E-state index in [2.05, 4.69) is 41.5 Å². The van der Waals surface area contributed by atoms with Gasteiger partial charge in [0.1, 0.15) is 24.0 Å². The summed E-state index contributed by atoms with van der Waals surface area (Å²) in [5.74, 6) is -1.24. The molecule has 1 unspecified atom stereocenters. The van der Waals surface area contributed by atoms with Crippen LogP contribution in [0.25, 0.3) is 0 Å². The first-order valence-electron chi connectivity index (χ1n) is 18.8. The van der Waals surface area contributed by atoms with E-state index in [-0.39, 0.29) is 54.8 Å². The first-order valence-corrected chi connectivity index (χ1v) is 21.8. The molecule has 0 spiro atoms. The zero-order valence-electron chi connectivity index (χ0n) is 32.1.